The van der Waals surface area contributed by atoms with Crippen LogP contribution in [0.15, 0.2) is 67.4 Å². The van der Waals surface area contributed by atoms with Crippen LogP contribution in [-0.4, -0.2) is 35.4 Å². The molecule has 152 valence electrons. The van der Waals surface area contributed by atoms with E-state index in [1.807, 2.05) is 18.2 Å². The SMILES string of the molecule is C=C(F)c1ccc(N2CCN[C@H](c3ccccc3)C2)nc1C(=O)c1cccnc1N. The van der Waals surface area contributed by atoms with Crippen LogP contribution in [0.1, 0.15) is 33.2 Å². The number of rotatable bonds is 5. The molecule has 3 aromatic rings. The van der Waals surface area contributed by atoms with Crippen molar-refractivity contribution in [1.82, 2.24) is 15.3 Å². The van der Waals surface area contributed by atoms with Crippen LogP contribution in [0.3, 0.4) is 0 Å². The lowest BCUT2D eigenvalue weighted by Gasteiger charge is -2.35. The quantitative estimate of drug-likeness (QED) is 0.636. The highest BCUT2D eigenvalue weighted by molar-refractivity contribution is 6.12. The van der Waals surface area contributed by atoms with Gasteiger partial charge in [0.1, 0.15) is 23.2 Å². The lowest BCUT2D eigenvalue weighted by molar-refractivity contribution is 0.103. The third-order valence-corrected chi connectivity index (χ3v) is 5.17. The molecule has 0 radical (unpaired) electrons. The van der Waals surface area contributed by atoms with Crippen LogP contribution < -0.4 is 16.0 Å². The van der Waals surface area contributed by atoms with Crippen molar-refractivity contribution >= 4 is 23.2 Å². The fourth-order valence-electron chi connectivity index (χ4n) is 3.62. The monoisotopic (exact) mass is 403 g/mol. The van der Waals surface area contributed by atoms with E-state index in [0.717, 1.165) is 13.1 Å². The van der Waals surface area contributed by atoms with Gasteiger partial charge in [-0.2, -0.15) is 0 Å². The number of ketones is 1. The highest BCUT2D eigenvalue weighted by Gasteiger charge is 2.25. The average Bonchev–Trinajstić information content (AvgIpc) is 2.79. The normalized spacial score (nSPS) is 16.3. The van der Waals surface area contributed by atoms with Gasteiger partial charge in [-0.25, -0.2) is 14.4 Å². The van der Waals surface area contributed by atoms with E-state index in [9.17, 15) is 9.18 Å². The van der Waals surface area contributed by atoms with Crippen LogP contribution in [0.5, 0.6) is 0 Å². The summed E-state index contributed by atoms with van der Waals surface area (Å²) in [5.41, 5.74) is 7.26. The fourth-order valence-corrected chi connectivity index (χ4v) is 3.62. The van der Waals surface area contributed by atoms with Gasteiger partial charge < -0.3 is 16.0 Å². The first-order valence-corrected chi connectivity index (χ1v) is 9.69. The molecule has 6 nitrogen and oxygen atoms in total. The zero-order chi connectivity index (χ0) is 21.1. The summed E-state index contributed by atoms with van der Waals surface area (Å²) in [6.07, 6.45) is 1.50. The first kappa shape index (κ1) is 19.7. The molecule has 0 amide bonds. The van der Waals surface area contributed by atoms with Gasteiger partial charge in [-0.3, -0.25) is 4.79 Å². The molecule has 7 heteroatoms. The van der Waals surface area contributed by atoms with Crippen LogP contribution in [0.2, 0.25) is 0 Å². The van der Waals surface area contributed by atoms with Gasteiger partial charge in [0.25, 0.3) is 0 Å². The summed E-state index contributed by atoms with van der Waals surface area (Å²) < 4.78 is 14.1. The number of nitrogens with zero attached hydrogens (tertiary/aromatic N) is 3. The van der Waals surface area contributed by atoms with Gasteiger partial charge in [0, 0.05) is 37.4 Å². The Kier molecular flexibility index (Phi) is 5.54. The number of pyridine rings is 2. The van der Waals surface area contributed by atoms with Crippen molar-refractivity contribution < 1.29 is 9.18 Å². The summed E-state index contributed by atoms with van der Waals surface area (Å²) in [6.45, 7) is 5.50. The second-order valence-electron chi connectivity index (χ2n) is 7.10. The minimum absolute atomic E-state index is 0.0190. The van der Waals surface area contributed by atoms with Crippen LogP contribution in [0.25, 0.3) is 5.83 Å². The fraction of sp³-hybridized carbons (Fsp3) is 0.174. The van der Waals surface area contributed by atoms with E-state index in [4.69, 9.17) is 5.73 Å². The maximum atomic E-state index is 14.1. The number of aromatic nitrogens is 2. The Bertz CT molecular complexity index is 1090. The molecule has 3 heterocycles. The van der Waals surface area contributed by atoms with Crippen molar-refractivity contribution in [2.75, 3.05) is 30.3 Å². The van der Waals surface area contributed by atoms with Gasteiger partial charge in [0.2, 0.25) is 5.78 Å². The Morgan fingerprint density at radius 1 is 1.13 bits per heavy atom. The summed E-state index contributed by atoms with van der Waals surface area (Å²) in [5, 5.41) is 3.50. The molecule has 0 spiro atoms. The van der Waals surface area contributed by atoms with E-state index in [1.165, 1.54) is 11.8 Å². The van der Waals surface area contributed by atoms with E-state index in [2.05, 4.69) is 38.9 Å². The van der Waals surface area contributed by atoms with Crippen LogP contribution in [0, 0.1) is 0 Å². The van der Waals surface area contributed by atoms with E-state index in [-0.39, 0.29) is 28.7 Å². The van der Waals surface area contributed by atoms with Gasteiger partial charge in [0.15, 0.2) is 0 Å². The number of carbonyl (C=O) groups is 1. The third kappa shape index (κ3) is 3.92. The molecule has 4 rings (SSSR count). The zero-order valence-electron chi connectivity index (χ0n) is 16.4. The Morgan fingerprint density at radius 3 is 2.67 bits per heavy atom. The average molecular weight is 403 g/mol. The number of hydrogen-bond acceptors (Lipinski definition) is 6. The van der Waals surface area contributed by atoms with Crippen molar-refractivity contribution in [1.29, 1.82) is 0 Å². The lowest BCUT2D eigenvalue weighted by atomic mass is 10.0. The molecular weight excluding hydrogens is 381 g/mol. The molecule has 1 saturated heterocycles. The molecule has 1 aliphatic rings. The highest BCUT2D eigenvalue weighted by atomic mass is 19.1. The number of carbonyl (C=O) groups excluding carboxylic acids is 1. The maximum Gasteiger partial charge on any atom is 0.215 e. The number of nitrogen functional groups attached to an aromatic ring is 1. The van der Waals surface area contributed by atoms with Gasteiger partial charge in [0.05, 0.1) is 5.56 Å². The largest absolute Gasteiger partial charge is 0.383 e. The van der Waals surface area contributed by atoms with Crippen molar-refractivity contribution in [3.05, 3.63) is 89.8 Å². The second kappa shape index (κ2) is 8.42. The second-order valence-corrected chi connectivity index (χ2v) is 7.10. The number of piperazine rings is 1. The van der Waals surface area contributed by atoms with Gasteiger partial charge in [-0.1, -0.05) is 36.9 Å². The Hall–Kier alpha value is -3.58. The topological polar surface area (TPSA) is 84.1 Å². The lowest BCUT2D eigenvalue weighted by Crippen LogP contribution is -2.46. The molecule has 1 aliphatic heterocycles. The van der Waals surface area contributed by atoms with Crippen molar-refractivity contribution in [2.45, 2.75) is 6.04 Å². The number of halogens is 1. The highest BCUT2D eigenvalue weighted by Crippen LogP contribution is 2.27. The molecule has 1 aromatic carbocycles. The number of nitrogens with two attached hydrogens (primary N) is 1. The predicted molar refractivity (Wildman–Crippen MR) is 116 cm³/mol. The van der Waals surface area contributed by atoms with E-state index < -0.39 is 11.6 Å². The standard InChI is InChI=1S/C23H22FN5O/c1-15(24)17-9-10-20(28-21(17)22(30)18-8-5-11-27-23(18)25)29-13-12-26-19(14-29)16-6-3-2-4-7-16/h2-11,19,26H,1,12-14H2,(H2,25,27)/t19-/m0/s1. The van der Waals surface area contributed by atoms with E-state index >= 15 is 0 Å². The van der Waals surface area contributed by atoms with Crippen LogP contribution in [0.4, 0.5) is 16.0 Å². The number of hydrogen-bond donors (Lipinski definition) is 2. The zero-order valence-corrected chi connectivity index (χ0v) is 16.4. The number of nitrogens with one attached hydrogen (secondary N) is 1. The molecule has 30 heavy (non-hydrogen) atoms. The summed E-state index contributed by atoms with van der Waals surface area (Å²) >= 11 is 0. The molecule has 0 aliphatic carbocycles. The van der Waals surface area contributed by atoms with Gasteiger partial charge in [-0.05, 0) is 29.8 Å². The van der Waals surface area contributed by atoms with Crippen molar-refractivity contribution in [3.63, 3.8) is 0 Å². The molecule has 2 aromatic heterocycles. The number of anilines is 2. The van der Waals surface area contributed by atoms with Gasteiger partial charge >= 0.3 is 0 Å². The minimum Gasteiger partial charge on any atom is -0.383 e. The molecule has 0 saturated carbocycles. The van der Waals surface area contributed by atoms with Gasteiger partial charge in [-0.15, -0.1) is 0 Å². The Morgan fingerprint density at radius 2 is 1.93 bits per heavy atom. The maximum absolute atomic E-state index is 14.1. The molecule has 3 N–H and O–H groups in total. The number of benzene rings is 1. The third-order valence-electron chi connectivity index (χ3n) is 5.17. The first-order valence-electron chi connectivity index (χ1n) is 9.69. The summed E-state index contributed by atoms with van der Waals surface area (Å²) in [7, 11) is 0. The molecule has 1 fully saturated rings. The van der Waals surface area contributed by atoms with E-state index in [1.54, 1.807) is 24.3 Å². The summed E-state index contributed by atoms with van der Waals surface area (Å²) in [6, 6.07) is 16.7. The Balaban J connectivity index is 1.68. The summed E-state index contributed by atoms with van der Waals surface area (Å²) in [4.78, 5) is 23.7. The summed E-state index contributed by atoms with van der Waals surface area (Å²) in [5.74, 6) is -0.516. The van der Waals surface area contributed by atoms with Crippen LogP contribution in [-0.2, 0) is 0 Å². The Labute approximate surface area is 174 Å². The van der Waals surface area contributed by atoms with Crippen molar-refractivity contribution in [2.24, 2.45) is 0 Å². The molecule has 0 unspecified atom stereocenters. The first-order chi connectivity index (χ1) is 14.5. The molecule has 1 atom stereocenters. The van der Waals surface area contributed by atoms with Crippen LogP contribution >= 0.6 is 0 Å². The minimum atomic E-state index is -0.720. The molecular formula is C23H22FN5O. The predicted octanol–water partition coefficient (Wildman–Crippen LogP) is 3.38. The smallest absolute Gasteiger partial charge is 0.215 e. The molecule has 0 bridgehead atoms. The van der Waals surface area contributed by atoms with E-state index in [0.29, 0.717) is 12.4 Å². The van der Waals surface area contributed by atoms with Crippen molar-refractivity contribution in [3.8, 4) is 0 Å².